The number of ketones is 1. The van der Waals surface area contributed by atoms with Crippen molar-refractivity contribution in [3.05, 3.63) is 76.9 Å². The molecule has 1 saturated heterocycles. The van der Waals surface area contributed by atoms with Crippen molar-refractivity contribution < 1.29 is 9.53 Å². The summed E-state index contributed by atoms with van der Waals surface area (Å²) in [4.78, 5) is 11.2. The van der Waals surface area contributed by atoms with Crippen LogP contribution in [0.2, 0.25) is 0 Å². The largest absolute Gasteiger partial charge is 0.381 e. The first-order valence-corrected chi connectivity index (χ1v) is 9.46. The third kappa shape index (κ3) is 4.56. The highest BCUT2D eigenvalue weighted by Gasteiger charge is 2.29. The van der Waals surface area contributed by atoms with Gasteiger partial charge in [-0.05, 0) is 65.7 Å². The minimum Gasteiger partial charge on any atom is -0.381 e. The van der Waals surface area contributed by atoms with E-state index in [1.54, 1.807) is 6.08 Å². The zero-order valence-electron chi connectivity index (χ0n) is 16.1. The Morgan fingerprint density at radius 2 is 1.81 bits per heavy atom. The number of hydrogen-bond donors (Lipinski definition) is 0. The highest BCUT2D eigenvalue weighted by molar-refractivity contribution is 6.01. The molecular formula is C25H26O2. The number of terminal acetylenes is 1. The van der Waals surface area contributed by atoms with Crippen LogP contribution in [0.5, 0.6) is 0 Å². The number of carbonyl (C=O) groups excluding carboxylic acids is 1. The fourth-order valence-electron chi connectivity index (χ4n) is 3.71. The maximum Gasteiger partial charge on any atom is 0.160 e. The molecule has 1 aliphatic heterocycles. The minimum atomic E-state index is 0.214. The van der Waals surface area contributed by atoms with Gasteiger partial charge < -0.3 is 4.74 Å². The van der Waals surface area contributed by atoms with Gasteiger partial charge in [0, 0.05) is 25.2 Å². The average Bonchev–Trinajstić information content (AvgIpc) is 2.69. The molecule has 1 heterocycles. The van der Waals surface area contributed by atoms with E-state index >= 15 is 0 Å². The van der Waals surface area contributed by atoms with E-state index in [0.717, 1.165) is 42.8 Å². The molecule has 4 rings (SSSR count). The molecule has 2 nitrogen and oxygen atoms in total. The average molecular weight is 358 g/mol. The van der Waals surface area contributed by atoms with Crippen LogP contribution in [0.1, 0.15) is 48.9 Å². The molecule has 0 spiro atoms. The molecule has 27 heavy (non-hydrogen) atoms. The number of fused-ring (bicyclic) bond motifs is 1. The monoisotopic (exact) mass is 358 g/mol. The first-order chi connectivity index (χ1) is 13.0. The van der Waals surface area contributed by atoms with Crippen LogP contribution < -0.4 is 0 Å². The lowest BCUT2D eigenvalue weighted by molar-refractivity contribution is -0.114. The third-order valence-electron chi connectivity index (χ3n) is 5.51. The van der Waals surface area contributed by atoms with E-state index < -0.39 is 0 Å². The van der Waals surface area contributed by atoms with Gasteiger partial charge in [0.05, 0.1) is 0 Å². The molecule has 0 saturated carbocycles. The van der Waals surface area contributed by atoms with Crippen molar-refractivity contribution >= 4 is 11.4 Å². The van der Waals surface area contributed by atoms with E-state index in [4.69, 9.17) is 11.2 Å². The lowest BCUT2D eigenvalue weighted by atomic mass is 9.76. The molecule has 2 aliphatic rings. The van der Waals surface area contributed by atoms with Crippen molar-refractivity contribution in [1.29, 1.82) is 0 Å². The lowest BCUT2D eigenvalue weighted by Gasteiger charge is -2.34. The van der Waals surface area contributed by atoms with Gasteiger partial charge in [0.15, 0.2) is 5.78 Å². The van der Waals surface area contributed by atoms with Gasteiger partial charge in [-0.1, -0.05) is 49.2 Å². The number of allylic oxidation sites excluding steroid dienone is 2. The van der Waals surface area contributed by atoms with Crippen LogP contribution in [0, 0.1) is 12.3 Å². The lowest BCUT2D eigenvalue weighted by Crippen LogP contribution is -2.30. The Labute approximate surface area is 162 Å². The summed E-state index contributed by atoms with van der Waals surface area (Å²) in [6, 6.07) is 16.4. The van der Waals surface area contributed by atoms with Gasteiger partial charge in [-0.25, -0.2) is 0 Å². The number of hydrogen-bond acceptors (Lipinski definition) is 2. The summed E-state index contributed by atoms with van der Waals surface area (Å²) in [5.74, 6) is 2.91. The normalized spacial score (nSPS) is 17.7. The second-order valence-electron chi connectivity index (χ2n) is 7.53. The first kappa shape index (κ1) is 19.1. The minimum absolute atomic E-state index is 0.214. The number of benzene rings is 2. The molecule has 2 heteroatoms. The summed E-state index contributed by atoms with van der Waals surface area (Å²) in [7, 11) is 0. The molecule has 138 valence electrons. The molecule has 2 aromatic rings. The van der Waals surface area contributed by atoms with Gasteiger partial charge in [-0.2, -0.15) is 0 Å². The smallest absolute Gasteiger partial charge is 0.160 e. The van der Waals surface area contributed by atoms with E-state index in [9.17, 15) is 4.79 Å². The zero-order valence-corrected chi connectivity index (χ0v) is 16.1. The SMILES string of the molecule is C#Cc1cccc(C2(C)CCOCC2)c1.CC1=CC(=O)Cc2ccccc21. The van der Waals surface area contributed by atoms with E-state index in [1.807, 2.05) is 37.3 Å². The summed E-state index contributed by atoms with van der Waals surface area (Å²) in [6.45, 7) is 5.99. The van der Waals surface area contributed by atoms with Crippen LogP contribution in [-0.2, 0) is 21.4 Å². The van der Waals surface area contributed by atoms with Crippen LogP contribution in [0.25, 0.3) is 5.57 Å². The Kier molecular flexibility index (Phi) is 5.94. The number of carbonyl (C=O) groups is 1. The van der Waals surface area contributed by atoms with Gasteiger partial charge in [-0.15, -0.1) is 6.42 Å². The molecule has 0 atom stereocenters. The standard InChI is InChI=1S/C14H16O.C11H10O/c1-3-12-5-4-6-13(11-12)14(2)7-9-15-10-8-14;1-8-6-10(12)7-9-4-2-3-5-11(8)9/h1,4-6,11H,7-10H2,2H3;2-6H,7H2,1H3. The van der Waals surface area contributed by atoms with Crippen LogP contribution in [0.15, 0.2) is 54.6 Å². The van der Waals surface area contributed by atoms with Crippen molar-refractivity contribution in [1.82, 2.24) is 0 Å². The highest BCUT2D eigenvalue weighted by atomic mass is 16.5. The third-order valence-corrected chi connectivity index (χ3v) is 5.51. The summed E-state index contributed by atoms with van der Waals surface area (Å²) in [5, 5.41) is 0. The van der Waals surface area contributed by atoms with Gasteiger partial charge in [0.25, 0.3) is 0 Å². The molecule has 0 unspecified atom stereocenters. The van der Waals surface area contributed by atoms with Crippen molar-refractivity contribution in [2.75, 3.05) is 13.2 Å². The molecule has 0 radical (unpaired) electrons. The van der Waals surface area contributed by atoms with Gasteiger partial charge in [0.2, 0.25) is 0 Å². The molecule has 1 aliphatic carbocycles. The fraction of sp³-hybridized carbons (Fsp3) is 0.320. The molecule has 0 N–H and O–H groups in total. The molecule has 0 amide bonds. The van der Waals surface area contributed by atoms with Crippen LogP contribution in [0.3, 0.4) is 0 Å². The van der Waals surface area contributed by atoms with Crippen LogP contribution >= 0.6 is 0 Å². The Bertz CT molecular complexity index is 893. The Morgan fingerprint density at radius 1 is 1.07 bits per heavy atom. The summed E-state index contributed by atoms with van der Waals surface area (Å²) in [5.41, 5.74) is 6.02. The van der Waals surface area contributed by atoms with Gasteiger partial charge in [0.1, 0.15) is 0 Å². The van der Waals surface area contributed by atoms with Crippen LogP contribution in [-0.4, -0.2) is 19.0 Å². The molecule has 0 aromatic heterocycles. The predicted molar refractivity (Wildman–Crippen MR) is 111 cm³/mol. The quantitative estimate of drug-likeness (QED) is 0.674. The summed E-state index contributed by atoms with van der Waals surface area (Å²) in [6.07, 6.45) is 9.87. The zero-order chi connectivity index (χ0) is 19.3. The Balaban J connectivity index is 0.000000159. The molecule has 1 fully saturated rings. The molecule has 0 bridgehead atoms. The molecule has 2 aromatic carbocycles. The van der Waals surface area contributed by atoms with Crippen molar-refractivity contribution in [3.8, 4) is 12.3 Å². The fourth-order valence-corrected chi connectivity index (χ4v) is 3.71. The predicted octanol–water partition coefficient (Wildman–Crippen LogP) is 4.95. The topological polar surface area (TPSA) is 26.3 Å². The van der Waals surface area contributed by atoms with E-state index in [2.05, 4.69) is 31.0 Å². The Hall–Kier alpha value is -2.63. The summed E-state index contributed by atoms with van der Waals surface area (Å²) < 4.78 is 5.40. The van der Waals surface area contributed by atoms with Crippen LogP contribution in [0.4, 0.5) is 0 Å². The summed E-state index contributed by atoms with van der Waals surface area (Å²) >= 11 is 0. The van der Waals surface area contributed by atoms with E-state index in [1.165, 1.54) is 11.1 Å². The first-order valence-electron chi connectivity index (χ1n) is 9.46. The molecular weight excluding hydrogens is 332 g/mol. The highest BCUT2D eigenvalue weighted by Crippen LogP contribution is 2.34. The number of rotatable bonds is 1. The number of ether oxygens (including phenoxy) is 1. The van der Waals surface area contributed by atoms with Crippen molar-refractivity contribution in [2.45, 2.75) is 38.5 Å². The second-order valence-corrected chi connectivity index (χ2v) is 7.53. The van der Waals surface area contributed by atoms with Gasteiger partial charge in [-0.3, -0.25) is 4.79 Å². The second kappa shape index (κ2) is 8.37. The maximum absolute atomic E-state index is 11.2. The maximum atomic E-state index is 11.2. The van der Waals surface area contributed by atoms with E-state index in [0.29, 0.717) is 6.42 Å². The van der Waals surface area contributed by atoms with E-state index in [-0.39, 0.29) is 11.2 Å². The van der Waals surface area contributed by atoms with Crippen molar-refractivity contribution in [3.63, 3.8) is 0 Å². The van der Waals surface area contributed by atoms with Gasteiger partial charge >= 0.3 is 0 Å². The van der Waals surface area contributed by atoms with Crippen molar-refractivity contribution in [2.24, 2.45) is 0 Å². The Morgan fingerprint density at radius 3 is 2.56 bits per heavy atom.